The first-order chi connectivity index (χ1) is 7.69. The lowest BCUT2D eigenvalue weighted by Gasteiger charge is -2.03. The van der Waals surface area contributed by atoms with Gasteiger partial charge in [-0.05, 0) is 24.3 Å². The van der Waals surface area contributed by atoms with E-state index in [1.165, 1.54) is 18.2 Å². The summed E-state index contributed by atoms with van der Waals surface area (Å²) in [5.41, 5.74) is 3.47. The third-order valence-electron chi connectivity index (χ3n) is 2.01. The lowest BCUT2D eigenvalue weighted by molar-refractivity contribution is 0.451. The third kappa shape index (κ3) is 2.01. The lowest BCUT2D eigenvalue weighted by atomic mass is 10.1. The molecule has 0 unspecified atom stereocenters. The Kier molecular flexibility index (Phi) is 2.57. The summed E-state index contributed by atoms with van der Waals surface area (Å²) in [5.74, 6) is 5.53. The van der Waals surface area contributed by atoms with Gasteiger partial charge in [0.1, 0.15) is 11.5 Å². The number of phenolic OH excluding ortho intramolecular Hbond substituents is 2. The van der Waals surface area contributed by atoms with E-state index in [2.05, 4.69) is 15.6 Å². The fraction of sp³-hybridized carbons (Fsp3) is 0. The van der Waals surface area contributed by atoms with Gasteiger partial charge in [0.25, 0.3) is 0 Å². The summed E-state index contributed by atoms with van der Waals surface area (Å²) in [5, 5.41) is 26.3. The van der Waals surface area contributed by atoms with E-state index in [1.807, 2.05) is 0 Å². The minimum Gasteiger partial charge on any atom is -0.508 e. The van der Waals surface area contributed by atoms with Crippen LogP contribution in [-0.4, -0.2) is 20.4 Å². The summed E-state index contributed by atoms with van der Waals surface area (Å²) >= 11 is 0. The summed E-state index contributed by atoms with van der Waals surface area (Å²) < 4.78 is 0. The maximum atomic E-state index is 9.32. The number of nitrogens with zero attached hydrogens (tertiary/aromatic N) is 2. The molecule has 0 spiro atoms. The molecule has 0 amide bonds. The molecule has 0 aliphatic rings. The van der Waals surface area contributed by atoms with E-state index < -0.39 is 0 Å². The zero-order valence-corrected chi connectivity index (χ0v) is 8.25. The molecule has 1 aromatic heterocycles. The number of hydrazine groups is 1. The van der Waals surface area contributed by atoms with E-state index in [0.29, 0.717) is 17.1 Å². The zero-order valence-electron chi connectivity index (χ0n) is 8.25. The van der Waals surface area contributed by atoms with Crippen molar-refractivity contribution >= 4 is 5.82 Å². The minimum absolute atomic E-state index is 0.0298. The standard InChI is InChI=1S/C10H10N4O2/c11-12-10-2-1-9(13-14-10)6-3-7(15)5-8(16)4-6/h1-5,15-16H,11H2,(H,12,14). The first-order valence-electron chi connectivity index (χ1n) is 4.53. The van der Waals surface area contributed by atoms with E-state index in [1.54, 1.807) is 12.1 Å². The molecule has 1 aromatic carbocycles. The summed E-state index contributed by atoms with van der Waals surface area (Å²) in [4.78, 5) is 0. The molecule has 82 valence electrons. The van der Waals surface area contributed by atoms with Crippen LogP contribution in [0.25, 0.3) is 11.3 Å². The number of hydrogen-bond acceptors (Lipinski definition) is 6. The number of nitrogens with one attached hydrogen (secondary N) is 1. The van der Waals surface area contributed by atoms with Gasteiger partial charge in [-0.3, -0.25) is 0 Å². The fourth-order valence-corrected chi connectivity index (χ4v) is 1.31. The Labute approximate surface area is 91.3 Å². The van der Waals surface area contributed by atoms with Gasteiger partial charge >= 0.3 is 0 Å². The Bertz CT molecular complexity index is 478. The van der Waals surface area contributed by atoms with Crippen molar-refractivity contribution in [1.82, 2.24) is 10.2 Å². The fourth-order valence-electron chi connectivity index (χ4n) is 1.31. The Hall–Kier alpha value is -2.34. The van der Waals surface area contributed by atoms with Gasteiger partial charge in [-0.2, -0.15) is 0 Å². The van der Waals surface area contributed by atoms with Gasteiger partial charge < -0.3 is 15.6 Å². The molecule has 2 aromatic rings. The minimum atomic E-state index is -0.0298. The largest absolute Gasteiger partial charge is 0.508 e. The van der Waals surface area contributed by atoms with Crippen molar-refractivity contribution in [2.24, 2.45) is 5.84 Å². The van der Waals surface area contributed by atoms with Gasteiger partial charge in [-0.1, -0.05) is 0 Å². The number of anilines is 1. The van der Waals surface area contributed by atoms with Crippen LogP contribution in [0.15, 0.2) is 30.3 Å². The number of rotatable bonds is 2. The molecule has 5 N–H and O–H groups in total. The van der Waals surface area contributed by atoms with Gasteiger partial charge in [0.15, 0.2) is 5.82 Å². The highest BCUT2D eigenvalue weighted by atomic mass is 16.3. The molecule has 0 fully saturated rings. The molecule has 16 heavy (non-hydrogen) atoms. The molecule has 2 rings (SSSR count). The molecule has 0 atom stereocenters. The van der Waals surface area contributed by atoms with Gasteiger partial charge in [0.05, 0.1) is 5.69 Å². The van der Waals surface area contributed by atoms with E-state index in [4.69, 9.17) is 5.84 Å². The molecule has 1 heterocycles. The number of benzene rings is 1. The van der Waals surface area contributed by atoms with E-state index in [9.17, 15) is 10.2 Å². The SMILES string of the molecule is NNc1ccc(-c2cc(O)cc(O)c2)nn1. The first-order valence-corrected chi connectivity index (χ1v) is 4.53. The number of aromatic hydroxyl groups is 2. The van der Waals surface area contributed by atoms with Crippen LogP contribution in [0.3, 0.4) is 0 Å². The van der Waals surface area contributed by atoms with Crippen molar-refractivity contribution in [1.29, 1.82) is 0 Å². The van der Waals surface area contributed by atoms with Crippen molar-refractivity contribution in [3.05, 3.63) is 30.3 Å². The van der Waals surface area contributed by atoms with E-state index in [-0.39, 0.29) is 11.5 Å². The highest BCUT2D eigenvalue weighted by Gasteiger charge is 2.04. The lowest BCUT2D eigenvalue weighted by Crippen LogP contribution is -2.08. The van der Waals surface area contributed by atoms with Gasteiger partial charge in [-0.15, -0.1) is 10.2 Å². The van der Waals surface area contributed by atoms with Crippen molar-refractivity contribution in [2.45, 2.75) is 0 Å². The maximum Gasteiger partial charge on any atom is 0.162 e. The second-order valence-corrected chi connectivity index (χ2v) is 3.19. The van der Waals surface area contributed by atoms with E-state index >= 15 is 0 Å². The molecule has 6 heteroatoms. The predicted octanol–water partition coefficient (Wildman–Crippen LogP) is 0.840. The quantitative estimate of drug-likeness (QED) is 0.440. The number of aromatic nitrogens is 2. The summed E-state index contributed by atoms with van der Waals surface area (Å²) in [6, 6.07) is 7.53. The second-order valence-electron chi connectivity index (χ2n) is 3.19. The van der Waals surface area contributed by atoms with Crippen LogP contribution in [0.5, 0.6) is 11.5 Å². The Morgan fingerprint density at radius 3 is 2.19 bits per heavy atom. The number of hydrogen-bond donors (Lipinski definition) is 4. The molecule has 0 saturated carbocycles. The highest BCUT2D eigenvalue weighted by Crippen LogP contribution is 2.27. The predicted molar refractivity (Wildman–Crippen MR) is 58.6 cm³/mol. The molecule has 0 saturated heterocycles. The van der Waals surface area contributed by atoms with Crippen LogP contribution in [0, 0.1) is 0 Å². The molecular weight excluding hydrogens is 208 g/mol. The van der Waals surface area contributed by atoms with Crippen LogP contribution in [0.1, 0.15) is 0 Å². The van der Waals surface area contributed by atoms with Crippen LogP contribution in [-0.2, 0) is 0 Å². The van der Waals surface area contributed by atoms with Gasteiger partial charge in [0, 0.05) is 11.6 Å². The maximum absolute atomic E-state index is 9.32. The monoisotopic (exact) mass is 218 g/mol. The third-order valence-corrected chi connectivity index (χ3v) is 2.01. The van der Waals surface area contributed by atoms with Crippen LogP contribution >= 0.6 is 0 Å². The summed E-state index contributed by atoms with van der Waals surface area (Å²) in [6.07, 6.45) is 0. The number of phenols is 2. The summed E-state index contributed by atoms with van der Waals surface area (Å²) in [7, 11) is 0. The van der Waals surface area contributed by atoms with Crippen LogP contribution in [0.2, 0.25) is 0 Å². The highest BCUT2D eigenvalue weighted by molar-refractivity contribution is 5.63. The van der Waals surface area contributed by atoms with Gasteiger partial charge in [0.2, 0.25) is 0 Å². The Morgan fingerprint density at radius 1 is 1.00 bits per heavy atom. The zero-order chi connectivity index (χ0) is 11.5. The van der Waals surface area contributed by atoms with Crippen LogP contribution < -0.4 is 11.3 Å². The van der Waals surface area contributed by atoms with Crippen LogP contribution in [0.4, 0.5) is 5.82 Å². The number of nitrogens with two attached hydrogens (primary N) is 1. The van der Waals surface area contributed by atoms with Crippen molar-refractivity contribution in [3.63, 3.8) is 0 Å². The molecule has 0 radical (unpaired) electrons. The van der Waals surface area contributed by atoms with Crippen molar-refractivity contribution in [2.75, 3.05) is 5.43 Å². The topological polar surface area (TPSA) is 104 Å². The Morgan fingerprint density at radius 2 is 1.69 bits per heavy atom. The molecule has 0 aliphatic heterocycles. The summed E-state index contributed by atoms with van der Waals surface area (Å²) in [6.45, 7) is 0. The van der Waals surface area contributed by atoms with Crippen molar-refractivity contribution < 1.29 is 10.2 Å². The number of nitrogen functional groups attached to an aromatic ring is 1. The average molecular weight is 218 g/mol. The average Bonchev–Trinajstić information content (AvgIpc) is 2.28. The molecule has 0 bridgehead atoms. The Balaban J connectivity index is 2.42. The van der Waals surface area contributed by atoms with E-state index in [0.717, 1.165) is 0 Å². The molecule has 6 nitrogen and oxygen atoms in total. The first kappa shape index (κ1) is 10.2. The van der Waals surface area contributed by atoms with Gasteiger partial charge in [-0.25, -0.2) is 5.84 Å². The molecule has 0 aliphatic carbocycles. The second kappa shape index (κ2) is 4.03. The molecular formula is C10H10N4O2. The normalized spacial score (nSPS) is 10.1. The smallest absolute Gasteiger partial charge is 0.162 e. The van der Waals surface area contributed by atoms with Crippen molar-refractivity contribution in [3.8, 4) is 22.8 Å².